The van der Waals surface area contributed by atoms with Crippen molar-refractivity contribution in [3.63, 3.8) is 0 Å². The molecule has 0 radical (unpaired) electrons. The molecular weight excluding hydrogens is 494 g/mol. The summed E-state index contributed by atoms with van der Waals surface area (Å²) in [5.74, 6) is 0.0682. The van der Waals surface area contributed by atoms with Gasteiger partial charge in [-0.2, -0.15) is 5.10 Å². The Hall–Kier alpha value is -4.75. The van der Waals surface area contributed by atoms with Crippen LogP contribution in [0.1, 0.15) is 27.0 Å². The average Bonchev–Trinajstić information content (AvgIpc) is 3.64. The van der Waals surface area contributed by atoms with E-state index in [0.29, 0.717) is 22.4 Å². The molecule has 38 heavy (non-hydrogen) atoms. The molecule has 0 fully saturated rings. The van der Waals surface area contributed by atoms with Crippen molar-refractivity contribution in [2.75, 3.05) is 7.11 Å². The second-order valence-electron chi connectivity index (χ2n) is 8.84. The number of carbonyl (C=O) groups excluding carboxylic acids is 2. The highest BCUT2D eigenvalue weighted by Crippen LogP contribution is 2.35. The number of ether oxygens (including phenoxy) is 1. The summed E-state index contributed by atoms with van der Waals surface area (Å²) in [6.45, 7) is 0.161. The summed E-state index contributed by atoms with van der Waals surface area (Å²) in [5, 5.41) is 6.87. The third-order valence-electron chi connectivity index (χ3n) is 6.49. The maximum absolute atomic E-state index is 13.9. The molecule has 5 aromatic rings. The van der Waals surface area contributed by atoms with Crippen LogP contribution in [0.3, 0.4) is 0 Å². The van der Waals surface area contributed by atoms with Gasteiger partial charge >= 0.3 is 0 Å². The van der Waals surface area contributed by atoms with Gasteiger partial charge in [-0.05, 0) is 59.0 Å². The Balaban J connectivity index is 1.46. The fourth-order valence-electron chi connectivity index (χ4n) is 4.57. The van der Waals surface area contributed by atoms with Crippen LogP contribution in [0.2, 0.25) is 0 Å². The number of thiophene rings is 1. The molecule has 2 aromatic heterocycles. The largest absolute Gasteiger partial charge is 0.497 e. The van der Waals surface area contributed by atoms with Crippen LogP contribution in [0.15, 0.2) is 103 Å². The van der Waals surface area contributed by atoms with E-state index in [1.54, 1.807) is 24.5 Å². The normalized spacial score (nSPS) is 14.1. The molecule has 0 aliphatic carbocycles. The fourth-order valence-corrected chi connectivity index (χ4v) is 5.30. The van der Waals surface area contributed by atoms with Crippen molar-refractivity contribution in [1.82, 2.24) is 14.7 Å². The summed E-state index contributed by atoms with van der Waals surface area (Å²) in [5.41, 5.74) is 4.91. The number of para-hydroxylation sites is 1. The molecule has 3 heterocycles. The number of amides is 2. The molecule has 1 aliphatic rings. The first kappa shape index (κ1) is 23.6. The first-order valence-electron chi connectivity index (χ1n) is 12.1. The van der Waals surface area contributed by atoms with Gasteiger partial charge in [0.15, 0.2) is 0 Å². The SMILES string of the molecule is COc1ccc(CN2C(=O)/C(=C\c3cn(-c4ccccc4)nc3-c3cccs3)c3ccccc3C2=O)cc1. The van der Waals surface area contributed by atoms with E-state index >= 15 is 0 Å². The minimum atomic E-state index is -0.339. The summed E-state index contributed by atoms with van der Waals surface area (Å²) in [4.78, 5) is 29.6. The van der Waals surface area contributed by atoms with E-state index in [-0.39, 0.29) is 18.4 Å². The van der Waals surface area contributed by atoms with E-state index in [0.717, 1.165) is 27.4 Å². The highest BCUT2D eigenvalue weighted by Gasteiger charge is 2.35. The molecule has 0 unspecified atom stereocenters. The Morgan fingerprint density at radius 2 is 1.58 bits per heavy atom. The van der Waals surface area contributed by atoms with Crippen molar-refractivity contribution < 1.29 is 14.3 Å². The molecule has 0 atom stereocenters. The summed E-state index contributed by atoms with van der Waals surface area (Å²) >= 11 is 1.59. The zero-order valence-corrected chi connectivity index (χ0v) is 21.4. The smallest absolute Gasteiger partial charge is 0.261 e. The van der Waals surface area contributed by atoms with Crippen molar-refractivity contribution in [3.8, 4) is 22.0 Å². The standard InChI is InChI=1S/C31H23N3O3S/c1-37-24-15-13-21(14-16-24)19-33-30(35)26-11-6-5-10-25(26)27(31(33)36)18-22-20-34(23-8-3-2-4-9-23)32-29(22)28-12-7-17-38-28/h2-18,20H,19H2,1H3/b27-18-. The minimum absolute atomic E-state index is 0.161. The monoisotopic (exact) mass is 517 g/mol. The van der Waals surface area contributed by atoms with Crippen LogP contribution in [0.25, 0.3) is 27.9 Å². The number of hydrogen-bond donors (Lipinski definition) is 0. The highest BCUT2D eigenvalue weighted by molar-refractivity contribution is 7.13. The quantitative estimate of drug-likeness (QED) is 0.195. The highest BCUT2D eigenvalue weighted by atomic mass is 32.1. The number of fused-ring (bicyclic) bond motifs is 1. The first-order chi connectivity index (χ1) is 18.6. The number of carbonyl (C=O) groups is 2. The van der Waals surface area contributed by atoms with Crippen LogP contribution in [0.4, 0.5) is 0 Å². The number of aromatic nitrogens is 2. The third-order valence-corrected chi connectivity index (χ3v) is 7.36. The molecule has 0 saturated heterocycles. The van der Waals surface area contributed by atoms with E-state index in [9.17, 15) is 9.59 Å². The minimum Gasteiger partial charge on any atom is -0.497 e. The van der Waals surface area contributed by atoms with Crippen molar-refractivity contribution >= 4 is 34.8 Å². The lowest BCUT2D eigenvalue weighted by Gasteiger charge is -2.28. The van der Waals surface area contributed by atoms with E-state index in [1.165, 1.54) is 4.90 Å². The number of nitrogens with zero attached hydrogens (tertiary/aromatic N) is 3. The summed E-state index contributed by atoms with van der Waals surface area (Å²) in [7, 11) is 1.60. The second kappa shape index (κ2) is 9.95. The number of imide groups is 1. The van der Waals surface area contributed by atoms with Crippen molar-refractivity contribution in [1.29, 1.82) is 0 Å². The lowest BCUT2D eigenvalue weighted by Crippen LogP contribution is -2.41. The predicted molar refractivity (Wildman–Crippen MR) is 149 cm³/mol. The van der Waals surface area contributed by atoms with Crippen LogP contribution in [-0.2, 0) is 11.3 Å². The van der Waals surface area contributed by atoms with E-state index in [1.807, 2.05) is 107 Å². The van der Waals surface area contributed by atoms with Gasteiger partial charge in [0.1, 0.15) is 11.4 Å². The molecule has 0 N–H and O–H groups in total. The fraction of sp³-hybridized carbons (Fsp3) is 0.0645. The Bertz CT molecular complexity index is 1650. The zero-order chi connectivity index (χ0) is 26.1. The third kappa shape index (κ3) is 4.33. The van der Waals surface area contributed by atoms with Crippen LogP contribution in [-0.4, -0.2) is 33.6 Å². The van der Waals surface area contributed by atoms with Crippen molar-refractivity contribution in [2.45, 2.75) is 6.54 Å². The maximum Gasteiger partial charge on any atom is 0.261 e. The van der Waals surface area contributed by atoms with Gasteiger partial charge in [-0.1, -0.05) is 54.6 Å². The average molecular weight is 518 g/mol. The number of benzene rings is 3. The molecular formula is C31H23N3O3S. The molecule has 3 aromatic carbocycles. The summed E-state index contributed by atoms with van der Waals surface area (Å²) in [6.07, 6.45) is 3.79. The molecule has 6 rings (SSSR count). The molecule has 7 heteroatoms. The Morgan fingerprint density at radius 1 is 0.842 bits per heavy atom. The van der Waals surface area contributed by atoms with Crippen LogP contribution in [0, 0.1) is 0 Å². The first-order valence-corrected chi connectivity index (χ1v) is 13.0. The summed E-state index contributed by atoms with van der Waals surface area (Å²) < 4.78 is 7.06. The Morgan fingerprint density at radius 3 is 2.29 bits per heavy atom. The van der Waals surface area contributed by atoms with Crippen molar-refractivity contribution in [3.05, 3.63) is 125 Å². The number of hydrogen-bond acceptors (Lipinski definition) is 5. The van der Waals surface area contributed by atoms with Gasteiger partial charge in [0.25, 0.3) is 11.8 Å². The molecule has 6 nitrogen and oxygen atoms in total. The Labute approximate surface area is 224 Å². The van der Waals surface area contributed by atoms with Gasteiger partial charge < -0.3 is 4.74 Å². The van der Waals surface area contributed by atoms with Gasteiger partial charge in [-0.3, -0.25) is 14.5 Å². The van der Waals surface area contributed by atoms with Crippen LogP contribution in [0.5, 0.6) is 5.75 Å². The molecule has 186 valence electrons. The summed E-state index contributed by atoms with van der Waals surface area (Å²) in [6, 6.07) is 28.5. The molecule has 0 saturated carbocycles. The number of rotatable bonds is 6. The lowest BCUT2D eigenvalue weighted by atomic mass is 9.91. The maximum atomic E-state index is 13.9. The lowest BCUT2D eigenvalue weighted by molar-refractivity contribution is -0.123. The van der Waals surface area contributed by atoms with Gasteiger partial charge in [-0.25, -0.2) is 4.68 Å². The molecule has 1 aliphatic heterocycles. The topological polar surface area (TPSA) is 64.4 Å². The predicted octanol–water partition coefficient (Wildman–Crippen LogP) is 6.33. The van der Waals surface area contributed by atoms with Gasteiger partial charge in [0, 0.05) is 22.9 Å². The van der Waals surface area contributed by atoms with E-state index < -0.39 is 0 Å². The zero-order valence-electron chi connectivity index (χ0n) is 20.6. The van der Waals surface area contributed by atoms with Crippen molar-refractivity contribution in [2.24, 2.45) is 0 Å². The van der Waals surface area contributed by atoms with Gasteiger partial charge in [-0.15, -0.1) is 11.3 Å². The second-order valence-corrected chi connectivity index (χ2v) is 9.79. The Kier molecular flexibility index (Phi) is 6.19. The van der Waals surface area contributed by atoms with E-state index in [4.69, 9.17) is 9.84 Å². The van der Waals surface area contributed by atoms with Crippen LogP contribution < -0.4 is 4.74 Å². The molecule has 0 bridgehead atoms. The van der Waals surface area contributed by atoms with E-state index in [2.05, 4.69) is 0 Å². The molecule has 0 spiro atoms. The van der Waals surface area contributed by atoms with Gasteiger partial charge in [0.2, 0.25) is 0 Å². The van der Waals surface area contributed by atoms with Crippen LogP contribution >= 0.6 is 11.3 Å². The number of methoxy groups -OCH3 is 1. The molecule has 2 amide bonds. The van der Waals surface area contributed by atoms with Gasteiger partial charge in [0.05, 0.1) is 24.2 Å².